The molecule has 0 aliphatic heterocycles. The SMILES string of the molecule is Cc1ccc(NC(=O)CSC(F)(F)F)c2[nH]ncc12. The van der Waals surface area contributed by atoms with E-state index in [9.17, 15) is 18.0 Å². The summed E-state index contributed by atoms with van der Waals surface area (Å²) in [7, 11) is 0. The maximum Gasteiger partial charge on any atom is 0.442 e. The first-order chi connectivity index (χ1) is 8.87. The second-order valence-corrected chi connectivity index (χ2v) is 4.91. The number of rotatable bonds is 3. The Hall–Kier alpha value is -1.70. The number of amides is 1. The number of anilines is 1. The molecule has 4 nitrogen and oxygen atoms in total. The summed E-state index contributed by atoms with van der Waals surface area (Å²) >= 11 is -0.366. The van der Waals surface area contributed by atoms with E-state index in [1.54, 1.807) is 18.3 Å². The van der Waals surface area contributed by atoms with Crippen LogP contribution in [0.5, 0.6) is 0 Å². The Balaban J connectivity index is 2.11. The van der Waals surface area contributed by atoms with Crippen molar-refractivity contribution >= 4 is 34.3 Å². The van der Waals surface area contributed by atoms with Crippen LogP contribution in [0.3, 0.4) is 0 Å². The zero-order valence-corrected chi connectivity index (χ0v) is 10.7. The highest BCUT2D eigenvalue weighted by Crippen LogP contribution is 2.30. The highest BCUT2D eigenvalue weighted by atomic mass is 32.2. The Morgan fingerprint density at radius 3 is 2.89 bits per heavy atom. The predicted molar refractivity (Wildman–Crippen MR) is 68.0 cm³/mol. The van der Waals surface area contributed by atoms with Crippen LogP contribution in [0.25, 0.3) is 10.9 Å². The molecular weight excluding hydrogens is 279 g/mol. The number of carbonyl (C=O) groups excluding carboxylic acids is 1. The number of hydrogen-bond acceptors (Lipinski definition) is 3. The summed E-state index contributed by atoms with van der Waals surface area (Å²) in [6.07, 6.45) is 1.60. The molecule has 1 aromatic heterocycles. The third kappa shape index (κ3) is 3.40. The molecule has 0 unspecified atom stereocenters. The van der Waals surface area contributed by atoms with Gasteiger partial charge in [-0.3, -0.25) is 9.89 Å². The summed E-state index contributed by atoms with van der Waals surface area (Å²) in [5.74, 6) is -1.38. The van der Waals surface area contributed by atoms with Crippen molar-refractivity contribution in [1.82, 2.24) is 10.2 Å². The number of carbonyl (C=O) groups is 1. The van der Waals surface area contributed by atoms with Crippen molar-refractivity contribution in [3.8, 4) is 0 Å². The fourth-order valence-electron chi connectivity index (χ4n) is 1.61. The molecule has 0 atom stereocenters. The van der Waals surface area contributed by atoms with E-state index in [1.807, 2.05) is 6.92 Å². The zero-order valence-electron chi connectivity index (χ0n) is 9.84. The van der Waals surface area contributed by atoms with E-state index < -0.39 is 17.2 Å². The molecule has 2 rings (SSSR count). The van der Waals surface area contributed by atoms with Crippen molar-refractivity contribution in [1.29, 1.82) is 0 Å². The summed E-state index contributed by atoms with van der Waals surface area (Å²) < 4.78 is 35.9. The molecule has 19 heavy (non-hydrogen) atoms. The number of hydrogen-bond donors (Lipinski definition) is 2. The third-order valence-corrected chi connectivity index (χ3v) is 3.21. The van der Waals surface area contributed by atoms with E-state index >= 15 is 0 Å². The molecule has 1 heterocycles. The Bertz CT molecular complexity index is 609. The molecule has 2 aromatic rings. The minimum Gasteiger partial charge on any atom is -0.323 e. The minimum absolute atomic E-state index is 0.366. The average molecular weight is 289 g/mol. The van der Waals surface area contributed by atoms with Crippen molar-refractivity contribution in [2.75, 3.05) is 11.1 Å². The van der Waals surface area contributed by atoms with Gasteiger partial charge in [0.05, 0.1) is 23.2 Å². The van der Waals surface area contributed by atoms with Gasteiger partial charge in [0.25, 0.3) is 0 Å². The molecule has 0 aliphatic rings. The highest BCUT2D eigenvalue weighted by Gasteiger charge is 2.29. The minimum atomic E-state index is -4.41. The van der Waals surface area contributed by atoms with E-state index in [-0.39, 0.29) is 11.8 Å². The van der Waals surface area contributed by atoms with Gasteiger partial charge in [-0.05, 0) is 30.3 Å². The van der Waals surface area contributed by atoms with Gasteiger partial charge in [0.1, 0.15) is 0 Å². The summed E-state index contributed by atoms with van der Waals surface area (Å²) in [6, 6.07) is 3.40. The number of benzene rings is 1. The van der Waals surface area contributed by atoms with Crippen LogP contribution in [0.2, 0.25) is 0 Å². The number of nitrogens with zero attached hydrogens (tertiary/aromatic N) is 1. The smallest absolute Gasteiger partial charge is 0.323 e. The van der Waals surface area contributed by atoms with E-state index in [4.69, 9.17) is 0 Å². The van der Waals surface area contributed by atoms with Crippen molar-refractivity contribution in [2.24, 2.45) is 0 Å². The van der Waals surface area contributed by atoms with E-state index in [0.717, 1.165) is 10.9 Å². The molecule has 102 valence electrons. The molecule has 0 radical (unpaired) electrons. The second kappa shape index (κ2) is 5.12. The zero-order chi connectivity index (χ0) is 14.0. The quantitative estimate of drug-likeness (QED) is 0.913. The van der Waals surface area contributed by atoms with Crippen LogP contribution in [0.4, 0.5) is 18.9 Å². The first kappa shape index (κ1) is 13.7. The van der Waals surface area contributed by atoms with Gasteiger partial charge in [0, 0.05) is 5.39 Å². The summed E-state index contributed by atoms with van der Waals surface area (Å²) in [4.78, 5) is 11.4. The fourth-order valence-corrected chi connectivity index (χ4v) is 1.98. The third-order valence-electron chi connectivity index (χ3n) is 2.47. The largest absolute Gasteiger partial charge is 0.442 e. The van der Waals surface area contributed by atoms with Crippen LogP contribution in [0.1, 0.15) is 5.56 Å². The highest BCUT2D eigenvalue weighted by molar-refractivity contribution is 8.00. The van der Waals surface area contributed by atoms with Crippen LogP contribution < -0.4 is 5.32 Å². The standard InChI is InChI=1S/C11H10F3N3OS/c1-6-2-3-8(10-7(6)4-15-17-10)16-9(18)5-19-11(12,13)14/h2-4H,5H2,1H3,(H,15,17)(H,16,18). The Morgan fingerprint density at radius 1 is 1.47 bits per heavy atom. The molecular formula is C11H10F3N3OS. The summed E-state index contributed by atoms with van der Waals surface area (Å²) in [6.45, 7) is 1.88. The van der Waals surface area contributed by atoms with E-state index in [2.05, 4.69) is 15.5 Å². The van der Waals surface area contributed by atoms with E-state index in [0.29, 0.717) is 11.2 Å². The number of thioether (sulfide) groups is 1. The summed E-state index contributed by atoms with van der Waals surface area (Å²) in [5, 5.41) is 9.83. The number of fused-ring (bicyclic) bond motifs is 1. The van der Waals surface area contributed by atoms with Crippen molar-refractivity contribution in [3.05, 3.63) is 23.9 Å². The van der Waals surface area contributed by atoms with Crippen LogP contribution >= 0.6 is 11.8 Å². The van der Waals surface area contributed by atoms with Crippen LogP contribution in [0.15, 0.2) is 18.3 Å². The number of H-pyrrole nitrogens is 1. The van der Waals surface area contributed by atoms with Gasteiger partial charge in [0.15, 0.2) is 0 Å². The van der Waals surface area contributed by atoms with Crippen LogP contribution in [-0.2, 0) is 4.79 Å². The number of aromatic amines is 1. The number of alkyl halides is 3. The molecule has 1 aromatic carbocycles. The predicted octanol–water partition coefficient (Wildman–Crippen LogP) is 3.06. The number of aryl methyl sites for hydroxylation is 1. The molecule has 0 bridgehead atoms. The molecule has 8 heteroatoms. The second-order valence-electron chi connectivity index (χ2n) is 3.87. The lowest BCUT2D eigenvalue weighted by Gasteiger charge is -2.08. The number of aromatic nitrogens is 2. The van der Waals surface area contributed by atoms with Crippen LogP contribution in [0, 0.1) is 6.92 Å². The van der Waals surface area contributed by atoms with Gasteiger partial charge >= 0.3 is 5.51 Å². The van der Waals surface area contributed by atoms with Gasteiger partial charge in [0.2, 0.25) is 5.91 Å². The molecule has 0 aliphatic carbocycles. The molecule has 0 fully saturated rings. The molecule has 2 N–H and O–H groups in total. The monoisotopic (exact) mass is 289 g/mol. The van der Waals surface area contributed by atoms with Gasteiger partial charge in [-0.1, -0.05) is 6.07 Å². The number of halogens is 3. The first-order valence-electron chi connectivity index (χ1n) is 5.30. The van der Waals surface area contributed by atoms with Crippen molar-refractivity contribution in [3.63, 3.8) is 0 Å². The normalized spacial score (nSPS) is 11.8. The average Bonchev–Trinajstić information content (AvgIpc) is 2.79. The number of nitrogens with one attached hydrogen (secondary N) is 2. The first-order valence-corrected chi connectivity index (χ1v) is 6.28. The van der Waals surface area contributed by atoms with Crippen molar-refractivity contribution in [2.45, 2.75) is 12.4 Å². The lowest BCUT2D eigenvalue weighted by atomic mass is 10.1. The van der Waals surface area contributed by atoms with Gasteiger partial charge in [-0.25, -0.2) is 0 Å². The van der Waals surface area contributed by atoms with Crippen LogP contribution in [-0.4, -0.2) is 27.4 Å². The fraction of sp³-hybridized carbons (Fsp3) is 0.273. The van der Waals surface area contributed by atoms with E-state index in [1.165, 1.54) is 0 Å². The molecule has 1 amide bonds. The Kier molecular flexibility index (Phi) is 3.70. The molecule has 0 saturated carbocycles. The van der Waals surface area contributed by atoms with Crippen molar-refractivity contribution < 1.29 is 18.0 Å². The Morgan fingerprint density at radius 2 is 2.21 bits per heavy atom. The lowest BCUT2D eigenvalue weighted by molar-refractivity contribution is -0.114. The Labute approximate surface area is 110 Å². The molecule has 0 saturated heterocycles. The van der Waals surface area contributed by atoms with Gasteiger partial charge < -0.3 is 5.32 Å². The summed E-state index contributed by atoms with van der Waals surface area (Å²) in [5.41, 5.74) is -2.42. The lowest BCUT2D eigenvalue weighted by Crippen LogP contribution is -2.17. The molecule has 0 spiro atoms. The van der Waals surface area contributed by atoms with Gasteiger partial charge in [-0.15, -0.1) is 0 Å². The maximum absolute atomic E-state index is 12.0. The maximum atomic E-state index is 12.0. The van der Waals surface area contributed by atoms with Gasteiger partial charge in [-0.2, -0.15) is 18.3 Å². The topological polar surface area (TPSA) is 57.8 Å².